The highest BCUT2D eigenvalue weighted by Crippen LogP contribution is 2.34. The molecule has 2 aromatic heterocycles. The van der Waals surface area contributed by atoms with Crippen molar-refractivity contribution in [1.29, 1.82) is 0 Å². The molecule has 0 aliphatic rings. The molecule has 0 aliphatic heterocycles. The molecule has 0 aliphatic carbocycles. The Hall–Kier alpha value is -0.630. The van der Waals surface area contributed by atoms with Crippen LogP contribution in [0.1, 0.15) is 33.4 Å². The van der Waals surface area contributed by atoms with Crippen molar-refractivity contribution in [3.05, 3.63) is 26.1 Å². The number of hydrogen-bond donors (Lipinski definition) is 1. The van der Waals surface area contributed by atoms with Crippen molar-refractivity contribution < 1.29 is 4.42 Å². The molecule has 4 nitrogen and oxygen atoms in total. The Morgan fingerprint density at radius 2 is 2.05 bits per heavy atom. The Balaban J connectivity index is 2.65. The highest BCUT2D eigenvalue weighted by Gasteiger charge is 2.24. The third kappa shape index (κ3) is 3.16. The van der Waals surface area contributed by atoms with Gasteiger partial charge in [0.2, 0.25) is 0 Å². The summed E-state index contributed by atoms with van der Waals surface area (Å²) in [5.74, 6) is 2.11. The number of aromatic nitrogens is 2. The van der Waals surface area contributed by atoms with Crippen LogP contribution in [0.3, 0.4) is 0 Å². The van der Waals surface area contributed by atoms with Crippen molar-refractivity contribution in [1.82, 2.24) is 9.97 Å². The molecule has 0 radical (unpaired) electrons. The van der Waals surface area contributed by atoms with E-state index in [0.717, 1.165) is 26.1 Å². The molecule has 0 atom stereocenters. The fraction of sp³-hybridized carbons (Fsp3) is 0.429. The van der Waals surface area contributed by atoms with Crippen LogP contribution in [0.2, 0.25) is 0 Å². The first kappa shape index (κ1) is 15.8. The second-order valence-corrected chi connectivity index (χ2v) is 7.37. The largest absolute Gasteiger partial charge is 0.460 e. The average molecular weight is 450 g/mol. The zero-order valence-electron chi connectivity index (χ0n) is 11.9. The summed E-state index contributed by atoms with van der Waals surface area (Å²) in [6.45, 7) is 9.31. The highest BCUT2D eigenvalue weighted by molar-refractivity contribution is 14.1. The quantitative estimate of drug-likeness (QED) is 0.681. The Labute approximate surface area is 141 Å². The van der Waals surface area contributed by atoms with Crippen LogP contribution in [0.5, 0.6) is 0 Å². The van der Waals surface area contributed by atoms with Crippen LogP contribution in [0, 0.1) is 3.57 Å². The minimum Gasteiger partial charge on any atom is -0.460 e. The van der Waals surface area contributed by atoms with E-state index in [1.807, 2.05) is 6.07 Å². The first-order valence-electron chi connectivity index (χ1n) is 6.39. The van der Waals surface area contributed by atoms with Crippen LogP contribution >= 0.6 is 38.5 Å². The number of anilines is 1. The molecule has 0 bridgehead atoms. The topological polar surface area (TPSA) is 51.0 Å². The molecule has 108 valence electrons. The number of rotatable bonds is 3. The van der Waals surface area contributed by atoms with Gasteiger partial charge in [0.05, 0.1) is 20.0 Å². The minimum absolute atomic E-state index is 0.0581. The van der Waals surface area contributed by atoms with E-state index < -0.39 is 0 Å². The molecule has 2 heterocycles. The van der Waals surface area contributed by atoms with Crippen molar-refractivity contribution in [3.8, 4) is 11.6 Å². The Morgan fingerprint density at radius 3 is 2.55 bits per heavy atom. The maximum Gasteiger partial charge on any atom is 0.199 e. The molecule has 0 saturated heterocycles. The maximum absolute atomic E-state index is 5.49. The molecular formula is C14H17BrIN3O. The van der Waals surface area contributed by atoms with E-state index in [9.17, 15) is 0 Å². The van der Waals surface area contributed by atoms with Crippen LogP contribution in [0.4, 0.5) is 5.82 Å². The van der Waals surface area contributed by atoms with Gasteiger partial charge in [0.1, 0.15) is 5.82 Å². The lowest BCUT2D eigenvalue weighted by atomic mass is 9.92. The molecule has 0 aromatic carbocycles. The summed E-state index contributed by atoms with van der Waals surface area (Å²) in [5, 5.41) is 3.29. The van der Waals surface area contributed by atoms with E-state index in [-0.39, 0.29) is 5.41 Å². The fourth-order valence-electron chi connectivity index (χ4n) is 1.78. The van der Waals surface area contributed by atoms with Crippen LogP contribution in [-0.4, -0.2) is 16.5 Å². The standard InChI is InChI=1S/C14H17BrIN3O/c1-5-17-12-9(16)11(14(2,3)4)18-13(19-12)10-8(15)6-7-20-10/h6-7H,5H2,1-4H3,(H,17,18,19). The van der Waals surface area contributed by atoms with Crippen molar-refractivity contribution in [3.63, 3.8) is 0 Å². The number of hydrogen-bond acceptors (Lipinski definition) is 4. The van der Waals surface area contributed by atoms with Gasteiger partial charge in [-0.1, -0.05) is 20.8 Å². The fourth-order valence-corrected chi connectivity index (χ4v) is 3.40. The molecular weight excluding hydrogens is 433 g/mol. The summed E-state index contributed by atoms with van der Waals surface area (Å²) < 4.78 is 7.41. The molecule has 20 heavy (non-hydrogen) atoms. The van der Waals surface area contributed by atoms with Crippen molar-refractivity contribution in [2.75, 3.05) is 11.9 Å². The Morgan fingerprint density at radius 1 is 1.35 bits per heavy atom. The van der Waals surface area contributed by atoms with E-state index >= 15 is 0 Å². The van der Waals surface area contributed by atoms with Gasteiger partial charge in [0, 0.05) is 12.0 Å². The third-order valence-electron chi connectivity index (χ3n) is 2.73. The predicted octanol–water partition coefficient (Wildman–Crippen LogP) is 4.83. The van der Waals surface area contributed by atoms with Gasteiger partial charge in [0.25, 0.3) is 0 Å². The molecule has 0 spiro atoms. The van der Waals surface area contributed by atoms with Gasteiger partial charge < -0.3 is 9.73 Å². The van der Waals surface area contributed by atoms with Gasteiger partial charge in [-0.25, -0.2) is 9.97 Å². The molecule has 0 amide bonds. The second-order valence-electron chi connectivity index (χ2n) is 5.44. The van der Waals surface area contributed by atoms with E-state index in [0.29, 0.717) is 11.6 Å². The third-order valence-corrected chi connectivity index (χ3v) is 4.37. The zero-order valence-corrected chi connectivity index (χ0v) is 15.7. The number of furan rings is 1. The summed E-state index contributed by atoms with van der Waals surface area (Å²) in [6.07, 6.45) is 1.63. The van der Waals surface area contributed by atoms with Crippen molar-refractivity contribution in [2.45, 2.75) is 33.1 Å². The first-order valence-corrected chi connectivity index (χ1v) is 8.27. The summed E-state index contributed by atoms with van der Waals surface area (Å²) in [5.41, 5.74) is 0.958. The van der Waals surface area contributed by atoms with Crippen molar-refractivity contribution >= 4 is 44.3 Å². The molecule has 2 rings (SSSR count). The maximum atomic E-state index is 5.49. The van der Waals surface area contributed by atoms with Gasteiger partial charge in [-0.05, 0) is 51.5 Å². The molecule has 2 aromatic rings. The van der Waals surface area contributed by atoms with Gasteiger partial charge >= 0.3 is 0 Å². The number of nitrogens with one attached hydrogen (secondary N) is 1. The predicted molar refractivity (Wildman–Crippen MR) is 93.0 cm³/mol. The molecule has 6 heteroatoms. The summed E-state index contributed by atoms with van der Waals surface area (Å²) >= 11 is 5.77. The molecule has 0 unspecified atom stereocenters. The van der Waals surface area contributed by atoms with Crippen molar-refractivity contribution in [2.24, 2.45) is 0 Å². The zero-order chi connectivity index (χ0) is 14.9. The van der Waals surface area contributed by atoms with Crippen LogP contribution in [0.15, 0.2) is 21.2 Å². The minimum atomic E-state index is -0.0581. The van der Waals surface area contributed by atoms with Gasteiger partial charge in [0.15, 0.2) is 11.6 Å². The summed E-state index contributed by atoms with van der Waals surface area (Å²) in [4.78, 5) is 9.29. The van der Waals surface area contributed by atoms with Gasteiger partial charge in [-0.2, -0.15) is 0 Å². The summed E-state index contributed by atoms with van der Waals surface area (Å²) in [7, 11) is 0. The van der Waals surface area contributed by atoms with Crippen LogP contribution in [0.25, 0.3) is 11.6 Å². The lowest BCUT2D eigenvalue weighted by molar-refractivity contribution is 0.554. The van der Waals surface area contributed by atoms with Crippen LogP contribution in [-0.2, 0) is 5.41 Å². The molecule has 1 N–H and O–H groups in total. The lowest BCUT2D eigenvalue weighted by Crippen LogP contribution is -2.19. The molecule has 0 fully saturated rings. The lowest BCUT2D eigenvalue weighted by Gasteiger charge is -2.21. The normalized spacial score (nSPS) is 11.7. The van der Waals surface area contributed by atoms with E-state index in [1.165, 1.54) is 0 Å². The number of halogens is 2. The highest BCUT2D eigenvalue weighted by atomic mass is 127. The van der Waals surface area contributed by atoms with E-state index in [1.54, 1.807) is 6.26 Å². The smallest absolute Gasteiger partial charge is 0.199 e. The van der Waals surface area contributed by atoms with E-state index in [2.05, 4.69) is 76.5 Å². The van der Waals surface area contributed by atoms with Gasteiger partial charge in [-0.15, -0.1) is 0 Å². The Bertz CT molecular complexity index is 619. The Kier molecular flexibility index (Phi) is 4.73. The summed E-state index contributed by atoms with van der Waals surface area (Å²) in [6, 6.07) is 1.85. The average Bonchev–Trinajstić information content (AvgIpc) is 2.77. The first-order chi connectivity index (χ1) is 9.34. The number of nitrogens with zero attached hydrogens (tertiary/aromatic N) is 2. The monoisotopic (exact) mass is 449 g/mol. The molecule has 0 saturated carbocycles. The SMILES string of the molecule is CCNc1nc(-c2occc2Br)nc(C(C)(C)C)c1I. The van der Waals surface area contributed by atoms with Crippen LogP contribution < -0.4 is 5.32 Å². The van der Waals surface area contributed by atoms with Gasteiger partial charge in [-0.3, -0.25) is 0 Å². The second kappa shape index (κ2) is 6.01. The van der Waals surface area contributed by atoms with E-state index in [4.69, 9.17) is 9.40 Å².